The van der Waals surface area contributed by atoms with Crippen LogP contribution in [0.15, 0.2) is 101 Å². The molecule has 2 heterocycles. The van der Waals surface area contributed by atoms with Crippen LogP contribution in [0.25, 0.3) is 55.2 Å². The molecule has 2 aromatic heterocycles. The Kier molecular flexibility index (Phi) is 6.11. The lowest BCUT2D eigenvalue weighted by Gasteiger charge is -2.17. The normalized spacial score (nSPS) is 12.6. The Hall–Kier alpha value is -3.78. The van der Waals surface area contributed by atoms with E-state index in [0.717, 1.165) is 40.0 Å². The first-order valence-electron chi connectivity index (χ1n) is 13.4. The minimum Gasteiger partial charge on any atom is -0.455 e. The van der Waals surface area contributed by atoms with Gasteiger partial charge in [-0.3, -0.25) is 0 Å². The fourth-order valence-corrected chi connectivity index (χ4v) is 5.68. The van der Waals surface area contributed by atoms with Gasteiger partial charge in [-0.25, -0.2) is 0 Å². The van der Waals surface area contributed by atoms with Crippen molar-refractivity contribution < 1.29 is 4.42 Å². The second-order valence-electron chi connectivity index (χ2n) is 9.95. The van der Waals surface area contributed by atoms with E-state index in [1.807, 2.05) is 6.07 Å². The molecule has 2 nitrogen and oxygen atoms in total. The molecule has 6 rings (SSSR count). The molecule has 6 aromatic rings. The topological polar surface area (TPSA) is 18.1 Å². The predicted molar refractivity (Wildman–Crippen MR) is 153 cm³/mol. The molecule has 0 aliphatic heterocycles. The van der Waals surface area contributed by atoms with Gasteiger partial charge >= 0.3 is 0 Å². The lowest BCUT2D eigenvalue weighted by atomic mass is 9.99. The Labute approximate surface area is 213 Å². The number of unbranched alkanes of at least 4 members (excludes halogenated alkanes) is 1. The van der Waals surface area contributed by atoms with Crippen molar-refractivity contribution in [1.82, 2.24) is 4.57 Å². The number of hydrogen-bond acceptors (Lipinski definition) is 1. The van der Waals surface area contributed by atoms with E-state index >= 15 is 0 Å². The monoisotopic (exact) mass is 471 g/mol. The van der Waals surface area contributed by atoms with Crippen LogP contribution in [-0.4, -0.2) is 4.57 Å². The van der Waals surface area contributed by atoms with Gasteiger partial charge < -0.3 is 8.98 Å². The molecular formula is C34H33NO. The Morgan fingerprint density at radius 1 is 0.639 bits per heavy atom. The zero-order valence-corrected chi connectivity index (χ0v) is 21.2. The van der Waals surface area contributed by atoms with Crippen LogP contribution in [0.5, 0.6) is 0 Å². The van der Waals surface area contributed by atoms with Crippen LogP contribution >= 0.6 is 0 Å². The van der Waals surface area contributed by atoms with Gasteiger partial charge in [-0.1, -0.05) is 106 Å². The third kappa shape index (κ3) is 3.91. The summed E-state index contributed by atoms with van der Waals surface area (Å²) in [6, 6.07) is 34.7. The molecule has 0 bridgehead atoms. The molecule has 0 spiro atoms. The van der Waals surface area contributed by atoms with E-state index in [2.05, 4.69) is 109 Å². The maximum absolute atomic E-state index is 6.62. The van der Waals surface area contributed by atoms with Gasteiger partial charge in [-0.05, 0) is 36.6 Å². The molecule has 4 aromatic carbocycles. The maximum atomic E-state index is 6.62. The van der Waals surface area contributed by atoms with Crippen molar-refractivity contribution in [3.8, 4) is 22.6 Å². The number of para-hydroxylation sites is 1. The molecular weight excluding hydrogens is 438 g/mol. The summed E-state index contributed by atoms with van der Waals surface area (Å²) in [6.45, 7) is 5.69. The highest BCUT2D eigenvalue weighted by Crippen LogP contribution is 2.41. The summed E-state index contributed by atoms with van der Waals surface area (Å²) in [7, 11) is 0. The van der Waals surface area contributed by atoms with Crippen LogP contribution in [0.1, 0.15) is 39.5 Å². The number of hydrogen-bond donors (Lipinski definition) is 0. The summed E-state index contributed by atoms with van der Waals surface area (Å²) in [5.41, 5.74) is 4.88. The van der Waals surface area contributed by atoms with Crippen molar-refractivity contribution in [2.75, 3.05) is 0 Å². The summed E-state index contributed by atoms with van der Waals surface area (Å²) in [5.74, 6) is 2.58. The van der Waals surface area contributed by atoms with Crippen LogP contribution in [0.2, 0.25) is 0 Å². The van der Waals surface area contributed by atoms with Crippen molar-refractivity contribution in [2.24, 2.45) is 5.92 Å². The standard InChI is InChI=1S/C34H33NO/c1-3-5-13-24(4-2)23-35-31-19-12-11-16-27(31)30-22-26(20-21-32(30)35)34-29-18-10-9-17-28(29)33(36-34)25-14-7-6-8-15-25/h6-12,14-22,24H,3-5,13,23H2,1-2H3. The van der Waals surface area contributed by atoms with Gasteiger partial charge in [0.1, 0.15) is 11.5 Å². The fourth-order valence-electron chi connectivity index (χ4n) is 5.68. The summed E-state index contributed by atoms with van der Waals surface area (Å²) in [5, 5.41) is 4.93. The molecule has 36 heavy (non-hydrogen) atoms. The van der Waals surface area contributed by atoms with Gasteiger partial charge in [0.15, 0.2) is 0 Å². The smallest absolute Gasteiger partial charge is 0.142 e. The number of aromatic nitrogens is 1. The van der Waals surface area contributed by atoms with E-state index in [1.54, 1.807) is 0 Å². The minimum absolute atomic E-state index is 0.700. The molecule has 0 N–H and O–H groups in total. The summed E-state index contributed by atoms with van der Waals surface area (Å²) in [6.07, 6.45) is 5.07. The first-order chi connectivity index (χ1) is 17.8. The number of benzene rings is 4. The number of fused-ring (bicyclic) bond motifs is 4. The SMILES string of the molecule is CCCCC(CC)Cn1c2ccccc2c2cc(-c3oc(-c4ccccc4)c4ccccc34)ccc21. The number of furan rings is 1. The largest absolute Gasteiger partial charge is 0.455 e. The van der Waals surface area contributed by atoms with Crippen molar-refractivity contribution >= 4 is 32.6 Å². The van der Waals surface area contributed by atoms with Crippen LogP contribution in [0.4, 0.5) is 0 Å². The maximum Gasteiger partial charge on any atom is 0.142 e. The lowest BCUT2D eigenvalue weighted by Crippen LogP contribution is -2.10. The van der Waals surface area contributed by atoms with Crippen LogP contribution in [0, 0.1) is 5.92 Å². The molecule has 0 fully saturated rings. The predicted octanol–water partition coefficient (Wildman–Crippen LogP) is 10.1. The van der Waals surface area contributed by atoms with Crippen LogP contribution in [-0.2, 0) is 6.54 Å². The Morgan fingerprint density at radius 2 is 1.28 bits per heavy atom. The van der Waals surface area contributed by atoms with E-state index < -0.39 is 0 Å². The average Bonchev–Trinajstić information content (AvgIpc) is 3.47. The average molecular weight is 472 g/mol. The summed E-state index contributed by atoms with van der Waals surface area (Å²) in [4.78, 5) is 0. The minimum atomic E-state index is 0.700. The Balaban J connectivity index is 1.51. The van der Waals surface area contributed by atoms with Gasteiger partial charge in [-0.15, -0.1) is 0 Å². The third-order valence-corrected chi connectivity index (χ3v) is 7.68. The molecule has 0 saturated carbocycles. The molecule has 2 heteroatoms. The highest BCUT2D eigenvalue weighted by Gasteiger charge is 2.19. The lowest BCUT2D eigenvalue weighted by molar-refractivity contribution is 0.401. The number of rotatable bonds is 8. The van der Waals surface area contributed by atoms with E-state index in [4.69, 9.17) is 4.42 Å². The van der Waals surface area contributed by atoms with Gasteiger partial charge in [0.05, 0.1) is 0 Å². The summed E-state index contributed by atoms with van der Waals surface area (Å²) >= 11 is 0. The zero-order chi connectivity index (χ0) is 24.5. The van der Waals surface area contributed by atoms with Gasteiger partial charge in [0.2, 0.25) is 0 Å². The highest BCUT2D eigenvalue weighted by atomic mass is 16.3. The third-order valence-electron chi connectivity index (χ3n) is 7.68. The van der Waals surface area contributed by atoms with Crippen molar-refractivity contribution in [3.63, 3.8) is 0 Å². The van der Waals surface area contributed by atoms with Crippen molar-refractivity contribution in [2.45, 2.75) is 46.1 Å². The molecule has 180 valence electrons. The van der Waals surface area contributed by atoms with Crippen molar-refractivity contribution in [3.05, 3.63) is 97.1 Å². The molecule has 1 unspecified atom stereocenters. The van der Waals surface area contributed by atoms with Crippen LogP contribution in [0.3, 0.4) is 0 Å². The van der Waals surface area contributed by atoms with Crippen molar-refractivity contribution in [1.29, 1.82) is 0 Å². The van der Waals surface area contributed by atoms with E-state index in [0.29, 0.717) is 5.92 Å². The Morgan fingerprint density at radius 3 is 2.00 bits per heavy atom. The zero-order valence-electron chi connectivity index (χ0n) is 21.2. The first kappa shape index (κ1) is 22.7. The van der Waals surface area contributed by atoms with Crippen LogP contribution < -0.4 is 0 Å². The van der Waals surface area contributed by atoms with E-state index in [9.17, 15) is 0 Å². The number of nitrogens with zero attached hydrogens (tertiary/aromatic N) is 1. The fraction of sp³-hybridized carbons (Fsp3) is 0.235. The first-order valence-corrected chi connectivity index (χ1v) is 13.4. The van der Waals surface area contributed by atoms with E-state index in [-0.39, 0.29) is 0 Å². The molecule has 0 aliphatic carbocycles. The van der Waals surface area contributed by atoms with Gasteiger partial charge in [-0.2, -0.15) is 0 Å². The highest BCUT2D eigenvalue weighted by molar-refractivity contribution is 6.10. The second kappa shape index (κ2) is 9.70. The Bertz CT molecular complexity index is 1640. The van der Waals surface area contributed by atoms with Gasteiger partial charge in [0.25, 0.3) is 0 Å². The molecule has 0 radical (unpaired) electrons. The molecule has 0 saturated heterocycles. The summed E-state index contributed by atoms with van der Waals surface area (Å²) < 4.78 is 9.17. The molecule has 0 aliphatic rings. The molecule has 0 amide bonds. The molecule has 1 atom stereocenters. The quantitative estimate of drug-likeness (QED) is 0.216. The second-order valence-corrected chi connectivity index (χ2v) is 9.95. The van der Waals surface area contributed by atoms with E-state index in [1.165, 1.54) is 47.5 Å². The van der Waals surface area contributed by atoms with Gasteiger partial charge in [0, 0.05) is 50.2 Å².